The highest BCUT2D eigenvalue weighted by atomic mass is 35.5. The molecule has 1 aromatic carbocycles. The number of nitrogens with one attached hydrogen (secondary N) is 1. The Bertz CT molecular complexity index is 552. The summed E-state index contributed by atoms with van der Waals surface area (Å²) in [6.07, 6.45) is 0.791. The van der Waals surface area contributed by atoms with Gasteiger partial charge >= 0.3 is 0 Å². The highest BCUT2D eigenvalue weighted by Crippen LogP contribution is 2.29. The summed E-state index contributed by atoms with van der Waals surface area (Å²) in [6, 6.07) is 7.52. The second-order valence-electron chi connectivity index (χ2n) is 3.86. The van der Waals surface area contributed by atoms with Crippen molar-refractivity contribution in [3.8, 4) is 11.1 Å². The summed E-state index contributed by atoms with van der Waals surface area (Å²) in [5.74, 6) is 1.02. The van der Waals surface area contributed by atoms with E-state index < -0.39 is 0 Å². The van der Waals surface area contributed by atoms with Gasteiger partial charge in [-0.15, -0.1) is 0 Å². The molecule has 94 valence electrons. The smallest absolute Gasteiger partial charge is 0.224 e. The van der Waals surface area contributed by atoms with E-state index in [0.717, 1.165) is 23.2 Å². The summed E-state index contributed by atoms with van der Waals surface area (Å²) in [5, 5.41) is 3.60. The Labute approximate surface area is 111 Å². The number of nitrogen functional groups attached to an aromatic ring is 1. The molecule has 0 aliphatic carbocycles. The SMILES string of the molecule is CCc1nc(NC)nc(N)c1-c1ccc(Cl)cc1. The fourth-order valence-electron chi connectivity index (χ4n) is 1.83. The number of nitrogens with zero attached hydrogens (tertiary/aromatic N) is 2. The summed E-state index contributed by atoms with van der Waals surface area (Å²) in [6.45, 7) is 2.04. The summed E-state index contributed by atoms with van der Waals surface area (Å²) < 4.78 is 0. The third-order valence-electron chi connectivity index (χ3n) is 2.70. The fourth-order valence-corrected chi connectivity index (χ4v) is 1.95. The third-order valence-corrected chi connectivity index (χ3v) is 2.96. The lowest BCUT2D eigenvalue weighted by Crippen LogP contribution is -2.06. The quantitative estimate of drug-likeness (QED) is 0.893. The number of hydrogen-bond acceptors (Lipinski definition) is 4. The molecular weight excluding hydrogens is 248 g/mol. The summed E-state index contributed by atoms with van der Waals surface area (Å²) in [4.78, 5) is 8.66. The Morgan fingerprint density at radius 1 is 1.22 bits per heavy atom. The minimum Gasteiger partial charge on any atom is -0.383 e. The van der Waals surface area contributed by atoms with Crippen molar-refractivity contribution in [2.75, 3.05) is 18.1 Å². The normalized spacial score (nSPS) is 10.4. The molecule has 0 aliphatic rings. The van der Waals surface area contributed by atoms with Gasteiger partial charge in [0.25, 0.3) is 0 Å². The van der Waals surface area contributed by atoms with Crippen LogP contribution in [0, 0.1) is 0 Å². The van der Waals surface area contributed by atoms with E-state index in [1.807, 2.05) is 31.2 Å². The maximum atomic E-state index is 6.02. The maximum absolute atomic E-state index is 6.02. The van der Waals surface area contributed by atoms with E-state index >= 15 is 0 Å². The fraction of sp³-hybridized carbons (Fsp3) is 0.231. The number of aryl methyl sites for hydroxylation is 1. The first kappa shape index (κ1) is 12.6. The van der Waals surface area contributed by atoms with E-state index in [9.17, 15) is 0 Å². The van der Waals surface area contributed by atoms with Crippen molar-refractivity contribution in [2.24, 2.45) is 0 Å². The second kappa shape index (κ2) is 5.23. The standard InChI is InChI=1S/C13H15ClN4/c1-3-10-11(8-4-6-9(14)7-5-8)12(15)18-13(16-2)17-10/h4-7H,3H2,1-2H3,(H3,15,16,17,18). The van der Waals surface area contributed by atoms with Crippen molar-refractivity contribution in [3.05, 3.63) is 35.0 Å². The van der Waals surface area contributed by atoms with Gasteiger partial charge in [0, 0.05) is 17.6 Å². The van der Waals surface area contributed by atoms with Gasteiger partial charge in [0.15, 0.2) is 0 Å². The van der Waals surface area contributed by atoms with Crippen LogP contribution < -0.4 is 11.1 Å². The van der Waals surface area contributed by atoms with E-state index in [-0.39, 0.29) is 0 Å². The van der Waals surface area contributed by atoms with E-state index in [4.69, 9.17) is 17.3 Å². The van der Waals surface area contributed by atoms with Gasteiger partial charge in [0.05, 0.1) is 5.69 Å². The number of rotatable bonds is 3. The van der Waals surface area contributed by atoms with Crippen LogP contribution in [0.2, 0.25) is 5.02 Å². The number of nitrogens with two attached hydrogens (primary N) is 1. The van der Waals surface area contributed by atoms with E-state index in [2.05, 4.69) is 15.3 Å². The molecule has 3 N–H and O–H groups in total. The van der Waals surface area contributed by atoms with Crippen molar-refractivity contribution in [3.63, 3.8) is 0 Å². The number of hydrogen-bond donors (Lipinski definition) is 2. The van der Waals surface area contributed by atoms with Crippen molar-refractivity contribution in [1.82, 2.24) is 9.97 Å². The highest BCUT2D eigenvalue weighted by Gasteiger charge is 2.12. The lowest BCUT2D eigenvalue weighted by atomic mass is 10.0. The van der Waals surface area contributed by atoms with Gasteiger partial charge in [-0.25, -0.2) is 4.98 Å². The van der Waals surface area contributed by atoms with Crippen LogP contribution in [0.4, 0.5) is 11.8 Å². The van der Waals surface area contributed by atoms with Crippen LogP contribution in [0.3, 0.4) is 0 Å². The van der Waals surface area contributed by atoms with Gasteiger partial charge in [-0.2, -0.15) is 4.98 Å². The molecule has 0 aliphatic heterocycles. The molecule has 0 fully saturated rings. The molecule has 5 heteroatoms. The molecule has 0 saturated carbocycles. The molecule has 0 saturated heterocycles. The van der Waals surface area contributed by atoms with Gasteiger partial charge in [0.1, 0.15) is 5.82 Å². The van der Waals surface area contributed by atoms with Crippen molar-refractivity contribution < 1.29 is 0 Å². The Morgan fingerprint density at radius 3 is 2.44 bits per heavy atom. The third kappa shape index (κ3) is 2.38. The van der Waals surface area contributed by atoms with Crippen LogP contribution >= 0.6 is 11.6 Å². The zero-order valence-corrected chi connectivity index (χ0v) is 11.1. The molecule has 1 heterocycles. The second-order valence-corrected chi connectivity index (χ2v) is 4.30. The Balaban J connectivity index is 2.59. The van der Waals surface area contributed by atoms with E-state index in [1.165, 1.54) is 0 Å². The molecule has 0 amide bonds. The van der Waals surface area contributed by atoms with Gasteiger partial charge in [-0.3, -0.25) is 0 Å². The van der Waals surface area contributed by atoms with Crippen molar-refractivity contribution in [2.45, 2.75) is 13.3 Å². The average molecular weight is 263 g/mol. The van der Waals surface area contributed by atoms with Crippen LogP contribution in [-0.4, -0.2) is 17.0 Å². The first-order chi connectivity index (χ1) is 8.65. The molecule has 0 atom stereocenters. The first-order valence-corrected chi connectivity index (χ1v) is 6.13. The number of anilines is 2. The minimum absolute atomic E-state index is 0.480. The Hall–Kier alpha value is -1.81. The topological polar surface area (TPSA) is 63.8 Å². The number of benzene rings is 1. The van der Waals surface area contributed by atoms with Crippen LogP contribution in [-0.2, 0) is 6.42 Å². The van der Waals surface area contributed by atoms with Crippen LogP contribution in [0.25, 0.3) is 11.1 Å². The van der Waals surface area contributed by atoms with Gasteiger partial charge in [-0.05, 0) is 24.1 Å². The molecule has 0 unspecified atom stereocenters. The zero-order chi connectivity index (χ0) is 13.1. The molecule has 0 spiro atoms. The van der Waals surface area contributed by atoms with Crippen molar-refractivity contribution in [1.29, 1.82) is 0 Å². The highest BCUT2D eigenvalue weighted by molar-refractivity contribution is 6.30. The number of aromatic nitrogens is 2. The molecule has 0 bridgehead atoms. The Morgan fingerprint density at radius 2 is 1.89 bits per heavy atom. The zero-order valence-electron chi connectivity index (χ0n) is 10.4. The van der Waals surface area contributed by atoms with Crippen LogP contribution in [0.1, 0.15) is 12.6 Å². The molecule has 4 nitrogen and oxygen atoms in total. The molecule has 18 heavy (non-hydrogen) atoms. The predicted molar refractivity (Wildman–Crippen MR) is 75.8 cm³/mol. The molecular formula is C13H15ClN4. The summed E-state index contributed by atoms with van der Waals surface area (Å²) in [7, 11) is 1.77. The summed E-state index contributed by atoms with van der Waals surface area (Å²) >= 11 is 5.89. The van der Waals surface area contributed by atoms with Crippen LogP contribution in [0.15, 0.2) is 24.3 Å². The van der Waals surface area contributed by atoms with Crippen molar-refractivity contribution >= 4 is 23.4 Å². The Kier molecular flexibility index (Phi) is 3.67. The lowest BCUT2D eigenvalue weighted by molar-refractivity contribution is 1.01. The van der Waals surface area contributed by atoms with Gasteiger partial charge in [0.2, 0.25) is 5.95 Å². The maximum Gasteiger partial charge on any atom is 0.224 e. The van der Waals surface area contributed by atoms with Gasteiger partial charge < -0.3 is 11.1 Å². The van der Waals surface area contributed by atoms with Crippen LogP contribution in [0.5, 0.6) is 0 Å². The lowest BCUT2D eigenvalue weighted by Gasteiger charge is -2.12. The molecule has 2 aromatic rings. The summed E-state index contributed by atoms with van der Waals surface area (Å²) in [5.41, 5.74) is 8.81. The monoisotopic (exact) mass is 262 g/mol. The largest absolute Gasteiger partial charge is 0.383 e. The molecule has 1 aromatic heterocycles. The molecule has 2 rings (SSSR count). The first-order valence-electron chi connectivity index (χ1n) is 5.75. The number of halogens is 1. The minimum atomic E-state index is 0.480. The van der Waals surface area contributed by atoms with Gasteiger partial charge in [-0.1, -0.05) is 30.7 Å². The average Bonchev–Trinajstić information content (AvgIpc) is 2.39. The van der Waals surface area contributed by atoms with E-state index in [0.29, 0.717) is 16.8 Å². The molecule has 0 radical (unpaired) electrons. The van der Waals surface area contributed by atoms with E-state index in [1.54, 1.807) is 7.05 Å². The predicted octanol–water partition coefficient (Wildman–Crippen LogP) is 2.98.